The van der Waals surface area contributed by atoms with Gasteiger partial charge in [0.1, 0.15) is 5.82 Å². The Morgan fingerprint density at radius 3 is 2.81 bits per heavy atom. The number of hydrogen-bond donors (Lipinski definition) is 2. The molecule has 0 bridgehead atoms. The summed E-state index contributed by atoms with van der Waals surface area (Å²) in [4.78, 5) is 12.8. The first-order chi connectivity index (χ1) is 9.90. The van der Waals surface area contributed by atoms with E-state index < -0.39 is 6.10 Å². The lowest BCUT2D eigenvalue weighted by Gasteiger charge is -2.14. The van der Waals surface area contributed by atoms with E-state index in [4.69, 9.17) is 0 Å². The lowest BCUT2D eigenvalue weighted by Crippen LogP contribution is -2.28. The molecule has 5 heteroatoms. The molecule has 0 radical (unpaired) electrons. The minimum Gasteiger partial charge on any atom is -0.393 e. The zero-order valence-corrected chi connectivity index (χ0v) is 13.3. The third-order valence-electron chi connectivity index (χ3n) is 3.60. The minimum atomic E-state index is -0.414. The van der Waals surface area contributed by atoms with Crippen LogP contribution >= 0.6 is 11.3 Å². The van der Waals surface area contributed by atoms with Crippen molar-refractivity contribution in [2.24, 2.45) is 5.92 Å². The van der Waals surface area contributed by atoms with E-state index in [0.717, 1.165) is 15.6 Å². The molecule has 1 amide bonds. The van der Waals surface area contributed by atoms with Crippen LogP contribution in [0.5, 0.6) is 0 Å². The fraction of sp³-hybridized carbons (Fsp3) is 0.438. The van der Waals surface area contributed by atoms with Crippen LogP contribution in [0.15, 0.2) is 18.2 Å². The molecule has 2 N–H and O–H groups in total. The third-order valence-corrected chi connectivity index (χ3v) is 4.87. The number of aryl methyl sites for hydroxylation is 1. The van der Waals surface area contributed by atoms with E-state index in [1.807, 2.05) is 20.8 Å². The highest BCUT2D eigenvalue weighted by atomic mass is 32.1. The SMILES string of the molecule is Cc1c(C(=O)NCCC(O)C(C)C)sc2ccc(F)cc12. The molecule has 2 rings (SSSR count). The molecule has 2 aromatic rings. The van der Waals surface area contributed by atoms with Gasteiger partial charge >= 0.3 is 0 Å². The van der Waals surface area contributed by atoms with Gasteiger partial charge < -0.3 is 10.4 Å². The van der Waals surface area contributed by atoms with Crippen LogP contribution in [0, 0.1) is 18.7 Å². The molecule has 0 saturated carbocycles. The number of thiophene rings is 1. The quantitative estimate of drug-likeness (QED) is 0.888. The molecule has 1 atom stereocenters. The lowest BCUT2D eigenvalue weighted by atomic mass is 10.0. The van der Waals surface area contributed by atoms with Gasteiger partial charge in [0.2, 0.25) is 0 Å². The average Bonchev–Trinajstić information content (AvgIpc) is 2.75. The summed E-state index contributed by atoms with van der Waals surface area (Å²) in [5.41, 5.74) is 0.802. The molecule has 0 aliphatic heterocycles. The maximum Gasteiger partial charge on any atom is 0.261 e. The van der Waals surface area contributed by atoms with Gasteiger partial charge in [-0.25, -0.2) is 4.39 Å². The predicted molar refractivity (Wildman–Crippen MR) is 84.3 cm³/mol. The van der Waals surface area contributed by atoms with Crippen molar-refractivity contribution in [3.05, 3.63) is 34.5 Å². The van der Waals surface area contributed by atoms with Crippen molar-refractivity contribution in [1.29, 1.82) is 0 Å². The molecule has 21 heavy (non-hydrogen) atoms. The second-order valence-corrected chi connectivity index (χ2v) is 6.60. The number of benzene rings is 1. The molecule has 0 aliphatic carbocycles. The van der Waals surface area contributed by atoms with Crippen molar-refractivity contribution in [1.82, 2.24) is 5.32 Å². The Balaban J connectivity index is 2.08. The summed E-state index contributed by atoms with van der Waals surface area (Å²) >= 11 is 1.36. The van der Waals surface area contributed by atoms with E-state index in [-0.39, 0.29) is 17.6 Å². The summed E-state index contributed by atoms with van der Waals surface area (Å²) in [6, 6.07) is 4.56. The van der Waals surface area contributed by atoms with Crippen LogP contribution in [0.2, 0.25) is 0 Å². The van der Waals surface area contributed by atoms with Gasteiger partial charge in [0, 0.05) is 11.2 Å². The number of aliphatic hydroxyl groups excluding tert-OH is 1. The van der Waals surface area contributed by atoms with Crippen LogP contribution in [0.25, 0.3) is 10.1 Å². The van der Waals surface area contributed by atoms with E-state index in [1.54, 1.807) is 6.07 Å². The Kier molecular flexibility index (Phi) is 4.96. The summed E-state index contributed by atoms with van der Waals surface area (Å²) in [6.45, 7) is 6.14. The maximum atomic E-state index is 13.3. The molecule has 0 fully saturated rings. The standard InChI is InChI=1S/C16H20FNO2S/c1-9(2)13(19)6-7-18-16(20)15-10(3)12-8-11(17)4-5-14(12)21-15/h4-5,8-9,13,19H,6-7H2,1-3H3,(H,18,20). The number of carbonyl (C=O) groups is 1. The van der Waals surface area contributed by atoms with Gasteiger partial charge in [-0.15, -0.1) is 11.3 Å². The van der Waals surface area contributed by atoms with Crippen molar-refractivity contribution >= 4 is 27.3 Å². The second-order valence-electron chi connectivity index (χ2n) is 5.55. The van der Waals surface area contributed by atoms with Crippen molar-refractivity contribution in [3.8, 4) is 0 Å². The summed E-state index contributed by atoms with van der Waals surface area (Å²) < 4.78 is 14.2. The summed E-state index contributed by atoms with van der Waals surface area (Å²) in [7, 11) is 0. The van der Waals surface area contributed by atoms with Gasteiger partial charge in [0.25, 0.3) is 5.91 Å². The van der Waals surface area contributed by atoms with Crippen LogP contribution < -0.4 is 5.32 Å². The number of hydrogen-bond acceptors (Lipinski definition) is 3. The van der Waals surface area contributed by atoms with Gasteiger partial charge in [-0.05, 0) is 48.4 Å². The normalized spacial score (nSPS) is 12.9. The number of nitrogens with one attached hydrogen (secondary N) is 1. The zero-order valence-electron chi connectivity index (χ0n) is 12.4. The molecule has 0 spiro atoms. The maximum absolute atomic E-state index is 13.3. The Morgan fingerprint density at radius 2 is 2.14 bits per heavy atom. The highest BCUT2D eigenvalue weighted by Crippen LogP contribution is 2.31. The molecule has 1 unspecified atom stereocenters. The van der Waals surface area contributed by atoms with Gasteiger partial charge in [-0.3, -0.25) is 4.79 Å². The number of fused-ring (bicyclic) bond motifs is 1. The lowest BCUT2D eigenvalue weighted by molar-refractivity contribution is 0.0923. The fourth-order valence-corrected chi connectivity index (χ4v) is 3.26. The van der Waals surface area contributed by atoms with Crippen molar-refractivity contribution in [2.45, 2.75) is 33.3 Å². The van der Waals surface area contributed by atoms with Crippen molar-refractivity contribution < 1.29 is 14.3 Å². The highest BCUT2D eigenvalue weighted by Gasteiger charge is 2.16. The topological polar surface area (TPSA) is 49.3 Å². The fourth-order valence-electron chi connectivity index (χ4n) is 2.16. The Bertz CT molecular complexity index is 651. The summed E-state index contributed by atoms with van der Waals surface area (Å²) in [5.74, 6) is -0.281. The number of aliphatic hydroxyl groups is 1. The van der Waals surface area contributed by atoms with Gasteiger partial charge in [0.05, 0.1) is 11.0 Å². The average molecular weight is 309 g/mol. The molecule has 0 aliphatic rings. The molecule has 1 aromatic heterocycles. The van der Waals surface area contributed by atoms with Gasteiger partial charge in [-0.2, -0.15) is 0 Å². The number of carbonyl (C=O) groups excluding carboxylic acids is 1. The summed E-state index contributed by atoms with van der Waals surface area (Å²) in [6.07, 6.45) is 0.116. The smallest absolute Gasteiger partial charge is 0.261 e. The monoisotopic (exact) mass is 309 g/mol. The Hall–Kier alpha value is -1.46. The van der Waals surface area contributed by atoms with Crippen LogP contribution in [0.4, 0.5) is 4.39 Å². The van der Waals surface area contributed by atoms with E-state index in [9.17, 15) is 14.3 Å². The molecule has 114 valence electrons. The number of halogens is 1. The van der Waals surface area contributed by atoms with Gasteiger partial charge in [0.15, 0.2) is 0 Å². The Morgan fingerprint density at radius 1 is 1.43 bits per heavy atom. The van der Waals surface area contributed by atoms with Crippen LogP contribution in [-0.4, -0.2) is 23.7 Å². The van der Waals surface area contributed by atoms with Crippen LogP contribution in [0.1, 0.15) is 35.5 Å². The third kappa shape index (κ3) is 3.60. The first-order valence-corrected chi connectivity index (χ1v) is 7.86. The van der Waals surface area contributed by atoms with Crippen molar-refractivity contribution in [2.75, 3.05) is 6.54 Å². The van der Waals surface area contributed by atoms with E-state index >= 15 is 0 Å². The van der Waals surface area contributed by atoms with Crippen LogP contribution in [-0.2, 0) is 0 Å². The highest BCUT2D eigenvalue weighted by molar-refractivity contribution is 7.21. The predicted octanol–water partition coefficient (Wildman–Crippen LogP) is 3.49. The van der Waals surface area contributed by atoms with Gasteiger partial charge in [-0.1, -0.05) is 13.8 Å². The number of rotatable bonds is 5. The molecular formula is C16H20FNO2S. The molecule has 3 nitrogen and oxygen atoms in total. The van der Waals surface area contributed by atoms with Crippen LogP contribution in [0.3, 0.4) is 0 Å². The van der Waals surface area contributed by atoms with Crippen molar-refractivity contribution in [3.63, 3.8) is 0 Å². The molecule has 1 heterocycles. The zero-order chi connectivity index (χ0) is 15.6. The minimum absolute atomic E-state index is 0.162. The first-order valence-electron chi connectivity index (χ1n) is 7.05. The largest absolute Gasteiger partial charge is 0.393 e. The number of amides is 1. The Labute approximate surface area is 127 Å². The van der Waals surface area contributed by atoms with E-state index in [2.05, 4.69) is 5.32 Å². The van der Waals surface area contributed by atoms with E-state index in [0.29, 0.717) is 17.8 Å². The molecular weight excluding hydrogens is 289 g/mol. The second kappa shape index (κ2) is 6.54. The summed E-state index contributed by atoms with van der Waals surface area (Å²) in [5, 5.41) is 13.3. The molecule has 0 saturated heterocycles. The first kappa shape index (κ1) is 15.9. The molecule has 1 aromatic carbocycles. The van der Waals surface area contributed by atoms with E-state index in [1.165, 1.54) is 23.5 Å².